The molecule has 0 aliphatic rings. The van der Waals surface area contributed by atoms with Crippen LogP contribution in [0.1, 0.15) is 41.3 Å². The third-order valence-corrected chi connectivity index (χ3v) is 3.77. The van der Waals surface area contributed by atoms with Gasteiger partial charge in [0.25, 0.3) is 11.8 Å². The minimum atomic E-state index is -0.397. The number of benzene rings is 2. The normalized spacial score (nSPS) is 10.6. The van der Waals surface area contributed by atoms with Gasteiger partial charge >= 0.3 is 0 Å². The molecule has 0 radical (unpaired) electrons. The lowest BCUT2D eigenvalue weighted by Gasteiger charge is -2.07. The zero-order chi connectivity index (χ0) is 19.5. The fourth-order valence-corrected chi connectivity index (χ4v) is 2.17. The van der Waals surface area contributed by atoms with Crippen molar-refractivity contribution < 1.29 is 14.3 Å². The third-order valence-electron chi connectivity index (χ3n) is 3.77. The summed E-state index contributed by atoms with van der Waals surface area (Å²) in [7, 11) is 0. The summed E-state index contributed by atoms with van der Waals surface area (Å²) in [5.41, 5.74) is 4.89. The van der Waals surface area contributed by atoms with E-state index in [4.69, 9.17) is 4.74 Å². The second kappa shape index (κ2) is 10.8. The van der Waals surface area contributed by atoms with Crippen LogP contribution in [0, 0.1) is 6.92 Å². The molecule has 6 heteroatoms. The van der Waals surface area contributed by atoms with Crippen LogP contribution in [-0.2, 0) is 4.79 Å². The van der Waals surface area contributed by atoms with Gasteiger partial charge in [-0.25, -0.2) is 5.43 Å². The van der Waals surface area contributed by atoms with Gasteiger partial charge in [-0.05, 0) is 43.2 Å². The molecule has 0 saturated carbocycles. The van der Waals surface area contributed by atoms with Crippen molar-refractivity contribution in [3.05, 3.63) is 65.2 Å². The highest BCUT2D eigenvalue weighted by Gasteiger charge is 2.07. The molecule has 0 fully saturated rings. The van der Waals surface area contributed by atoms with Gasteiger partial charge in [0.05, 0.1) is 19.4 Å². The molecule has 0 aromatic heterocycles. The molecule has 27 heavy (non-hydrogen) atoms. The predicted octanol–water partition coefficient (Wildman–Crippen LogP) is 3.05. The summed E-state index contributed by atoms with van der Waals surface area (Å²) in [6.45, 7) is 4.60. The van der Waals surface area contributed by atoms with E-state index in [2.05, 4.69) is 22.8 Å². The van der Waals surface area contributed by atoms with Crippen LogP contribution in [0.5, 0.6) is 5.75 Å². The average Bonchev–Trinajstić information content (AvgIpc) is 2.68. The number of amides is 2. The Labute approximate surface area is 159 Å². The minimum Gasteiger partial charge on any atom is -0.494 e. The van der Waals surface area contributed by atoms with Crippen molar-refractivity contribution in [1.82, 2.24) is 10.7 Å². The molecular formula is C21H25N3O3. The van der Waals surface area contributed by atoms with Crippen LogP contribution in [0.25, 0.3) is 0 Å². The molecule has 6 nitrogen and oxygen atoms in total. The number of rotatable bonds is 9. The van der Waals surface area contributed by atoms with Crippen molar-refractivity contribution in [3.8, 4) is 5.75 Å². The van der Waals surface area contributed by atoms with Gasteiger partial charge in [-0.1, -0.05) is 43.2 Å². The van der Waals surface area contributed by atoms with Gasteiger partial charge in [-0.2, -0.15) is 5.10 Å². The highest BCUT2D eigenvalue weighted by atomic mass is 16.5. The summed E-state index contributed by atoms with van der Waals surface area (Å²) in [6, 6.07) is 14.6. The number of hydrogen-bond donors (Lipinski definition) is 2. The van der Waals surface area contributed by atoms with Crippen LogP contribution in [0.15, 0.2) is 53.6 Å². The number of nitrogens with one attached hydrogen (secondary N) is 2. The van der Waals surface area contributed by atoms with Crippen molar-refractivity contribution in [2.45, 2.75) is 26.7 Å². The molecule has 142 valence electrons. The van der Waals surface area contributed by atoms with Crippen LogP contribution in [0.2, 0.25) is 0 Å². The number of nitrogens with zero attached hydrogens (tertiary/aromatic N) is 1. The molecule has 2 aromatic rings. The van der Waals surface area contributed by atoms with Gasteiger partial charge in [-0.15, -0.1) is 0 Å². The summed E-state index contributed by atoms with van der Waals surface area (Å²) in [4.78, 5) is 23.8. The maximum absolute atomic E-state index is 12.1. The Bertz CT molecular complexity index is 768. The van der Waals surface area contributed by atoms with E-state index in [1.807, 2.05) is 31.2 Å². The third kappa shape index (κ3) is 7.32. The van der Waals surface area contributed by atoms with E-state index in [-0.39, 0.29) is 12.5 Å². The molecule has 2 rings (SSSR count). The standard InChI is InChI=1S/C21H25N3O3/c1-3-4-13-27-19-11-9-18(10-12-19)21(26)22-15-20(25)24-23-14-17-7-5-16(2)6-8-17/h5-12,14H,3-4,13,15H2,1-2H3,(H,22,26)(H,24,25)/b23-14-. The molecule has 0 saturated heterocycles. The number of carbonyl (C=O) groups is 2. The Hall–Kier alpha value is -3.15. The second-order valence-electron chi connectivity index (χ2n) is 6.11. The molecule has 0 heterocycles. The fourth-order valence-electron chi connectivity index (χ4n) is 2.17. The van der Waals surface area contributed by atoms with E-state index in [0.717, 1.165) is 29.7 Å². The molecule has 2 N–H and O–H groups in total. The van der Waals surface area contributed by atoms with E-state index in [9.17, 15) is 9.59 Å². The Balaban J connectivity index is 1.74. The molecular weight excluding hydrogens is 342 g/mol. The van der Waals surface area contributed by atoms with E-state index < -0.39 is 5.91 Å². The predicted molar refractivity (Wildman–Crippen MR) is 106 cm³/mol. The van der Waals surface area contributed by atoms with E-state index in [1.165, 1.54) is 0 Å². The number of ether oxygens (including phenoxy) is 1. The maximum atomic E-state index is 12.1. The number of hydrazone groups is 1. The quantitative estimate of drug-likeness (QED) is 0.406. The summed E-state index contributed by atoms with van der Waals surface area (Å²) < 4.78 is 5.55. The topological polar surface area (TPSA) is 79.8 Å². The largest absolute Gasteiger partial charge is 0.494 e. The lowest BCUT2D eigenvalue weighted by Crippen LogP contribution is -2.34. The zero-order valence-electron chi connectivity index (χ0n) is 15.7. The van der Waals surface area contributed by atoms with Crippen LogP contribution >= 0.6 is 0 Å². The molecule has 0 spiro atoms. The van der Waals surface area contributed by atoms with Gasteiger partial charge in [0, 0.05) is 5.56 Å². The van der Waals surface area contributed by atoms with Crippen molar-refractivity contribution in [2.24, 2.45) is 5.10 Å². The monoisotopic (exact) mass is 367 g/mol. The first-order chi connectivity index (χ1) is 13.1. The maximum Gasteiger partial charge on any atom is 0.259 e. The van der Waals surface area contributed by atoms with Gasteiger partial charge in [-0.3, -0.25) is 9.59 Å². The van der Waals surface area contributed by atoms with Gasteiger partial charge in [0.2, 0.25) is 0 Å². The van der Waals surface area contributed by atoms with Crippen LogP contribution in [-0.4, -0.2) is 31.2 Å². The summed E-state index contributed by atoms with van der Waals surface area (Å²) in [5, 5.41) is 6.44. The fraction of sp³-hybridized carbons (Fsp3) is 0.286. The van der Waals surface area contributed by atoms with Crippen molar-refractivity contribution >= 4 is 18.0 Å². The number of unbranched alkanes of at least 4 members (excludes halogenated alkanes) is 1. The summed E-state index contributed by atoms with van der Waals surface area (Å²) in [6.07, 6.45) is 3.61. The smallest absolute Gasteiger partial charge is 0.259 e. The average molecular weight is 367 g/mol. The number of aryl methyl sites for hydroxylation is 1. The highest BCUT2D eigenvalue weighted by Crippen LogP contribution is 2.12. The van der Waals surface area contributed by atoms with Crippen LogP contribution in [0.3, 0.4) is 0 Å². The number of carbonyl (C=O) groups excluding carboxylic acids is 2. The molecule has 0 unspecified atom stereocenters. The van der Waals surface area contributed by atoms with E-state index in [1.54, 1.807) is 30.5 Å². The Morgan fingerprint density at radius 3 is 2.44 bits per heavy atom. The van der Waals surface area contributed by atoms with Crippen molar-refractivity contribution in [1.29, 1.82) is 0 Å². The number of hydrogen-bond acceptors (Lipinski definition) is 4. The first kappa shape index (κ1) is 20.2. The van der Waals surface area contributed by atoms with Crippen molar-refractivity contribution in [3.63, 3.8) is 0 Å². The van der Waals surface area contributed by atoms with Crippen LogP contribution < -0.4 is 15.5 Å². The SMILES string of the molecule is CCCCOc1ccc(C(=O)NCC(=O)N/N=C\c2ccc(C)cc2)cc1. The highest BCUT2D eigenvalue weighted by molar-refractivity contribution is 5.96. The lowest BCUT2D eigenvalue weighted by atomic mass is 10.2. The zero-order valence-corrected chi connectivity index (χ0v) is 15.7. The van der Waals surface area contributed by atoms with Gasteiger partial charge < -0.3 is 10.1 Å². The Morgan fingerprint density at radius 2 is 1.78 bits per heavy atom. The molecule has 2 amide bonds. The van der Waals surface area contributed by atoms with Crippen LogP contribution in [0.4, 0.5) is 0 Å². The van der Waals surface area contributed by atoms with Crippen molar-refractivity contribution in [2.75, 3.05) is 13.2 Å². The molecule has 0 aliphatic carbocycles. The molecule has 0 atom stereocenters. The first-order valence-electron chi connectivity index (χ1n) is 8.98. The molecule has 0 aliphatic heterocycles. The second-order valence-corrected chi connectivity index (χ2v) is 6.11. The van der Waals surface area contributed by atoms with E-state index >= 15 is 0 Å². The molecule has 2 aromatic carbocycles. The first-order valence-corrected chi connectivity index (χ1v) is 8.98. The van der Waals surface area contributed by atoms with E-state index in [0.29, 0.717) is 12.2 Å². The van der Waals surface area contributed by atoms with Gasteiger partial charge in [0.15, 0.2) is 0 Å². The van der Waals surface area contributed by atoms with Gasteiger partial charge in [0.1, 0.15) is 5.75 Å². The lowest BCUT2D eigenvalue weighted by molar-refractivity contribution is -0.120. The summed E-state index contributed by atoms with van der Waals surface area (Å²) >= 11 is 0. The molecule has 0 bridgehead atoms. The minimum absolute atomic E-state index is 0.154. The summed E-state index contributed by atoms with van der Waals surface area (Å²) in [5.74, 6) is 0.00203. The Kier molecular flexibility index (Phi) is 8.03. The Morgan fingerprint density at radius 1 is 1.07 bits per heavy atom.